The van der Waals surface area contributed by atoms with Crippen molar-refractivity contribution in [2.75, 3.05) is 5.32 Å². The van der Waals surface area contributed by atoms with Gasteiger partial charge in [-0.05, 0) is 41.1 Å². The van der Waals surface area contributed by atoms with Crippen LogP contribution in [0.4, 0.5) is 14.5 Å². The molecule has 2 aromatic heterocycles. The van der Waals surface area contributed by atoms with Crippen molar-refractivity contribution in [3.63, 3.8) is 0 Å². The topological polar surface area (TPSA) is 12.0 Å². The van der Waals surface area contributed by atoms with E-state index in [0.717, 1.165) is 17.0 Å². The van der Waals surface area contributed by atoms with Crippen LogP contribution in [0.5, 0.6) is 0 Å². The molecule has 0 fully saturated rings. The Labute approximate surface area is 123 Å². The number of hydrogen-bond donors (Lipinski definition) is 1. The Bertz CT molecular complexity index is 704. The third-order valence-electron chi connectivity index (χ3n) is 2.84. The first-order valence-corrected chi connectivity index (χ1v) is 7.78. The highest BCUT2D eigenvalue weighted by atomic mass is 32.1. The summed E-state index contributed by atoms with van der Waals surface area (Å²) >= 11 is 3.29. The van der Waals surface area contributed by atoms with Crippen LogP contribution in [0, 0.1) is 11.6 Å². The van der Waals surface area contributed by atoms with Crippen molar-refractivity contribution in [1.29, 1.82) is 0 Å². The van der Waals surface area contributed by atoms with Crippen molar-refractivity contribution in [3.05, 3.63) is 63.7 Å². The number of thiophene rings is 2. The predicted octanol–water partition coefficient (Wildman–Crippen LogP) is 5.37. The lowest BCUT2D eigenvalue weighted by Crippen LogP contribution is -2.00. The predicted molar refractivity (Wildman–Crippen MR) is 81.3 cm³/mol. The van der Waals surface area contributed by atoms with Crippen LogP contribution in [0.15, 0.2) is 47.2 Å². The van der Waals surface area contributed by atoms with Gasteiger partial charge in [0.1, 0.15) is 11.6 Å². The maximum atomic E-state index is 13.5. The average Bonchev–Trinajstić information content (AvgIpc) is 3.09. The molecule has 0 saturated heterocycles. The first kappa shape index (κ1) is 13.3. The Kier molecular flexibility index (Phi) is 3.80. The molecular weight excluding hydrogens is 296 g/mol. The van der Waals surface area contributed by atoms with Gasteiger partial charge < -0.3 is 5.32 Å². The highest BCUT2D eigenvalue weighted by Gasteiger charge is 2.06. The second-order valence-corrected chi connectivity index (χ2v) is 6.20. The van der Waals surface area contributed by atoms with Gasteiger partial charge >= 0.3 is 0 Å². The Morgan fingerprint density at radius 2 is 1.95 bits per heavy atom. The second-order valence-electron chi connectivity index (χ2n) is 4.26. The van der Waals surface area contributed by atoms with Crippen LogP contribution in [0.2, 0.25) is 0 Å². The zero-order valence-corrected chi connectivity index (χ0v) is 12.0. The van der Waals surface area contributed by atoms with Crippen molar-refractivity contribution >= 4 is 28.4 Å². The van der Waals surface area contributed by atoms with Gasteiger partial charge in [0.15, 0.2) is 0 Å². The molecule has 0 spiro atoms. The molecule has 5 heteroatoms. The summed E-state index contributed by atoms with van der Waals surface area (Å²) < 4.78 is 26.5. The summed E-state index contributed by atoms with van der Waals surface area (Å²) in [6, 6.07) is 9.56. The molecular formula is C15H11F2NS2. The standard InChI is InChI=1S/C15H11F2NS2/c16-11-3-4-13(17)14(7-11)18-8-12-6-10(9-20-12)15-2-1-5-19-15/h1-7,9,18H,8H2. The molecule has 0 bridgehead atoms. The zero-order valence-electron chi connectivity index (χ0n) is 10.4. The van der Waals surface area contributed by atoms with Crippen molar-refractivity contribution < 1.29 is 8.78 Å². The monoisotopic (exact) mass is 307 g/mol. The minimum atomic E-state index is -0.445. The third kappa shape index (κ3) is 2.89. The summed E-state index contributed by atoms with van der Waals surface area (Å²) in [5, 5.41) is 7.04. The van der Waals surface area contributed by atoms with Crippen LogP contribution < -0.4 is 5.32 Å². The van der Waals surface area contributed by atoms with E-state index in [0.29, 0.717) is 6.54 Å². The van der Waals surface area contributed by atoms with Crippen LogP contribution >= 0.6 is 22.7 Å². The number of benzene rings is 1. The molecule has 0 aliphatic rings. The highest BCUT2D eigenvalue weighted by molar-refractivity contribution is 7.14. The van der Waals surface area contributed by atoms with Crippen LogP contribution in [0.25, 0.3) is 10.4 Å². The van der Waals surface area contributed by atoms with Gasteiger partial charge in [0.2, 0.25) is 0 Å². The van der Waals surface area contributed by atoms with Crippen LogP contribution in [0.3, 0.4) is 0 Å². The van der Waals surface area contributed by atoms with Crippen LogP contribution in [-0.4, -0.2) is 0 Å². The van der Waals surface area contributed by atoms with E-state index in [2.05, 4.69) is 22.8 Å². The summed E-state index contributed by atoms with van der Waals surface area (Å²) in [5.74, 6) is -0.888. The SMILES string of the molecule is Fc1ccc(F)c(NCc2cc(-c3cccs3)cs2)c1. The van der Waals surface area contributed by atoms with Gasteiger partial charge in [-0.1, -0.05) is 6.07 Å². The van der Waals surface area contributed by atoms with E-state index in [-0.39, 0.29) is 5.69 Å². The van der Waals surface area contributed by atoms with Crippen molar-refractivity contribution in [2.24, 2.45) is 0 Å². The molecule has 20 heavy (non-hydrogen) atoms. The molecule has 1 N–H and O–H groups in total. The lowest BCUT2D eigenvalue weighted by molar-refractivity contribution is 0.602. The van der Waals surface area contributed by atoms with Crippen molar-refractivity contribution in [2.45, 2.75) is 6.54 Å². The average molecular weight is 307 g/mol. The lowest BCUT2D eigenvalue weighted by atomic mass is 10.2. The molecule has 0 unspecified atom stereocenters. The number of anilines is 1. The fourth-order valence-corrected chi connectivity index (χ4v) is 3.47. The van der Waals surface area contributed by atoms with E-state index in [1.54, 1.807) is 22.7 Å². The lowest BCUT2D eigenvalue weighted by Gasteiger charge is -2.05. The van der Waals surface area contributed by atoms with Gasteiger partial charge in [0.05, 0.1) is 5.69 Å². The number of hydrogen-bond acceptors (Lipinski definition) is 3. The van der Waals surface area contributed by atoms with Crippen LogP contribution in [-0.2, 0) is 6.54 Å². The number of nitrogens with one attached hydrogen (secondary N) is 1. The molecule has 0 radical (unpaired) electrons. The molecule has 102 valence electrons. The van der Waals surface area contributed by atoms with E-state index in [1.165, 1.54) is 16.5 Å². The van der Waals surface area contributed by atoms with Gasteiger partial charge in [-0.3, -0.25) is 0 Å². The normalized spacial score (nSPS) is 10.7. The molecule has 1 aromatic carbocycles. The minimum absolute atomic E-state index is 0.191. The van der Waals surface area contributed by atoms with Crippen molar-refractivity contribution in [3.8, 4) is 10.4 Å². The molecule has 0 amide bonds. The Morgan fingerprint density at radius 3 is 2.75 bits per heavy atom. The zero-order chi connectivity index (χ0) is 13.9. The maximum absolute atomic E-state index is 13.5. The molecule has 0 aliphatic heterocycles. The summed E-state index contributed by atoms with van der Waals surface area (Å²) in [6.45, 7) is 0.483. The molecule has 2 heterocycles. The molecule has 3 rings (SSSR count). The van der Waals surface area contributed by atoms with Gasteiger partial charge in [-0.25, -0.2) is 8.78 Å². The number of rotatable bonds is 4. The number of halogens is 2. The quantitative estimate of drug-likeness (QED) is 0.683. The molecule has 0 atom stereocenters. The van der Waals surface area contributed by atoms with Crippen LogP contribution in [0.1, 0.15) is 4.88 Å². The van der Waals surface area contributed by atoms with Gasteiger partial charge in [0.25, 0.3) is 0 Å². The third-order valence-corrected chi connectivity index (χ3v) is 4.70. The Balaban J connectivity index is 1.71. The summed E-state index contributed by atoms with van der Waals surface area (Å²) in [7, 11) is 0. The van der Waals surface area contributed by atoms with E-state index < -0.39 is 11.6 Å². The smallest absolute Gasteiger partial charge is 0.146 e. The fraction of sp³-hybridized carbons (Fsp3) is 0.0667. The van der Waals surface area contributed by atoms with Gasteiger partial charge in [0, 0.05) is 21.9 Å². The van der Waals surface area contributed by atoms with Gasteiger partial charge in [-0.15, -0.1) is 22.7 Å². The highest BCUT2D eigenvalue weighted by Crippen LogP contribution is 2.29. The summed E-state index contributed by atoms with van der Waals surface area (Å²) in [5.41, 5.74) is 1.36. The molecule has 0 aliphatic carbocycles. The molecule has 1 nitrogen and oxygen atoms in total. The summed E-state index contributed by atoms with van der Waals surface area (Å²) in [6.07, 6.45) is 0. The molecule has 0 saturated carbocycles. The van der Waals surface area contributed by atoms with E-state index in [4.69, 9.17) is 0 Å². The summed E-state index contributed by atoms with van der Waals surface area (Å²) in [4.78, 5) is 2.29. The van der Waals surface area contributed by atoms with Crippen molar-refractivity contribution in [1.82, 2.24) is 0 Å². The molecule has 3 aromatic rings. The minimum Gasteiger partial charge on any atom is -0.378 e. The first-order valence-electron chi connectivity index (χ1n) is 6.02. The van der Waals surface area contributed by atoms with E-state index >= 15 is 0 Å². The van der Waals surface area contributed by atoms with E-state index in [1.807, 2.05) is 11.4 Å². The second kappa shape index (κ2) is 5.73. The van der Waals surface area contributed by atoms with E-state index in [9.17, 15) is 8.78 Å². The fourth-order valence-electron chi connectivity index (χ4n) is 1.86. The first-order chi connectivity index (χ1) is 9.72. The Hall–Kier alpha value is -1.72. The Morgan fingerprint density at radius 1 is 1.05 bits per heavy atom. The maximum Gasteiger partial charge on any atom is 0.146 e. The van der Waals surface area contributed by atoms with Gasteiger partial charge in [-0.2, -0.15) is 0 Å². The largest absolute Gasteiger partial charge is 0.378 e.